The number of amides is 2. The van der Waals surface area contributed by atoms with Crippen LogP contribution in [-0.2, 0) is 13.0 Å². The van der Waals surface area contributed by atoms with Gasteiger partial charge in [0.2, 0.25) is 5.89 Å². The van der Waals surface area contributed by atoms with E-state index in [1.807, 2.05) is 30.3 Å². The molecule has 3 heterocycles. The van der Waals surface area contributed by atoms with Crippen molar-refractivity contribution in [2.75, 3.05) is 25.0 Å². The molecule has 0 unspecified atom stereocenters. The Morgan fingerprint density at radius 1 is 1.09 bits per heavy atom. The molecule has 2 fully saturated rings. The summed E-state index contributed by atoms with van der Waals surface area (Å²) in [5.41, 5.74) is 0.867. The van der Waals surface area contributed by atoms with Crippen molar-refractivity contribution in [1.29, 1.82) is 0 Å². The molecule has 7 nitrogen and oxygen atoms in total. The van der Waals surface area contributed by atoms with E-state index in [0.717, 1.165) is 75.7 Å². The van der Waals surface area contributed by atoms with Crippen molar-refractivity contribution in [2.24, 2.45) is 11.8 Å². The number of hydrogen-bond donors (Lipinski definition) is 1. The number of benzene rings is 1. The van der Waals surface area contributed by atoms with E-state index in [2.05, 4.69) is 39.1 Å². The van der Waals surface area contributed by atoms with E-state index in [1.54, 1.807) is 0 Å². The predicted octanol–water partition coefficient (Wildman–Crippen LogP) is 4.96. The average Bonchev–Trinajstić information content (AvgIpc) is 3.06. The Kier molecular flexibility index (Phi) is 7.79. The fraction of sp³-hybridized carbons (Fsp3) is 0.640. The van der Waals surface area contributed by atoms with Crippen molar-refractivity contribution in [3.8, 4) is 0 Å². The summed E-state index contributed by atoms with van der Waals surface area (Å²) < 4.78 is 5.47. The molecule has 2 aliphatic heterocycles. The summed E-state index contributed by atoms with van der Waals surface area (Å²) in [7, 11) is 0. The van der Waals surface area contributed by atoms with Gasteiger partial charge in [0.15, 0.2) is 5.82 Å². The summed E-state index contributed by atoms with van der Waals surface area (Å²) in [5, 5.41) is 7.24. The number of likely N-dealkylation sites (tertiary alicyclic amines) is 2. The monoisotopic (exact) mass is 439 g/mol. The summed E-state index contributed by atoms with van der Waals surface area (Å²) in [6.45, 7) is 7.93. The highest BCUT2D eigenvalue weighted by Gasteiger charge is 2.34. The quantitative estimate of drug-likeness (QED) is 0.689. The number of para-hydroxylation sites is 1. The minimum Gasteiger partial charge on any atom is -0.338 e. The third-order valence-corrected chi connectivity index (χ3v) is 6.72. The molecule has 2 saturated heterocycles. The first-order chi connectivity index (χ1) is 15.6. The van der Waals surface area contributed by atoms with Gasteiger partial charge in [0.05, 0.1) is 6.54 Å². The summed E-state index contributed by atoms with van der Waals surface area (Å²) >= 11 is 0. The van der Waals surface area contributed by atoms with Crippen LogP contribution < -0.4 is 5.32 Å². The lowest BCUT2D eigenvalue weighted by molar-refractivity contribution is 0.0974. The van der Waals surface area contributed by atoms with Crippen LogP contribution in [0.4, 0.5) is 10.5 Å². The van der Waals surface area contributed by atoms with Gasteiger partial charge in [-0.15, -0.1) is 0 Å². The van der Waals surface area contributed by atoms with Gasteiger partial charge < -0.3 is 14.7 Å². The van der Waals surface area contributed by atoms with Crippen LogP contribution in [0.5, 0.6) is 0 Å². The Morgan fingerprint density at radius 2 is 1.88 bits per heavy atom. The van der Waals surface area contributed by atoms with Crippen molar-refractivity contribution >= 4 is 11.7 Å². The van der Waals surface area contributed by atoms with E-state index in [4.69, 9.17) is 4.52 Å². The lowest BCUT2D eigenvalue weighted by Gasteiger charge is -2.40. The molecule has 1 N–H and O–H groups in total. The smallest absolute Gasteiger partial charge is 0.322 e. The van der Waals surface area contributed by atoms with Crippen LogP contribution in [0, 0.1) is 11.8 Å². The number of piperidine rings is 1. The zero-order valence-electron chi connectivity index (χ0n) is 19.5. The Bertz CT molecular complexity index is 845. The third-order valence-electron chi connectivity index (χ3n) is 6.72. The first-order valence-electron chi connectivity index (χ1n) is 12.2. The number of carbonyl (C=O) groups excluding carboxylic acids is 1. The molecule has 1 aromatic carbocycles. The zero-order valence-corrected chi connectivity index (χ0v) is 19.5. The second-order valence-electron chi connectivity index (χ2n) is 9.72. The van der Waals surface area contributed by atoms with Crippen molar-refractivity contribution in [1.82, 2.24) is 19.9 Å². The molecule has 7 heteroatoms. The van der Waals surface area contributed by atoms with Gasteiger partial charge >= 0.3 is 6.03 Å². The van der Waals surface area contributed by atoms with Crippen molar-refractivity contribution in [3.05, 3.63) is 42.0 Å². The molecule has 32 heavy (non-hydrogen) atoms. The first kappa shape index (κ1) is 22.8. The molecule has 2 aliphatic rings. The van der Waals surface area contributed by atoms with Gasteiger partial charge in [-0.1, -0.05) is 50.0 Å². The van der Waals surface area contributed by atoms with Gasteiger partial charge in [-0.3, -0.25) is 4.90 Å². The number of nitrogens with zero attached hydrogens (tertiary/aromatic N) is 4. The summed E-state index contributed by atoms with van der Waals surface area (Å²) in [4.78, 5) is 22.2. The van der Waals surface area contributed by atoms with E-state index in [-0.39, 0.29) is 6.03 Å². The SMILES string of the molecule is CC(C)Cc1noc(CN2CCC([C@H]3CCCCCN3C(=O)Nc3ccccc3)CC2)n1. The van der Waals surface area contributed by atoms with Crippen LogP contribution in [0.3, 0.4) is 0 Å². The molecule has 2 aromatic rings. The normalized spacial score (nSPS) is 21.0. The van der Waals surface area contributed by atoms with Crippen LogP contribution in [0.1, 0.15) is 64.1 Å². The molecule has 4 rings (SSSR count). The minimum absolute atomic E-state index is 0.0501. The van der Waals surface area contributed by atoms with Gasteiger partial charge in [-0.25, -0.2) is 4.79 Å². The van der Waals surface area contributed by atoms with Gasteiger partial charge in [0.1, 0.15) is 0 Å². The maximum atomic E-state index is 13.1. The van der Waals surface area contributed by atoms with E-state index < -0.39 is 0 Å². The maximum Gasteiger partial charge on any atom is 0.322 e. The molecule has 2 amide bonds. The van der Waals surface area contributed by atoms with Crippen LogP contribution in [0.15, 0.2) is 34.9 Å². The standard InChI is InChI=1S/C25H37N5O2/c1-19(2)17-23-27-24(32-28-23)18-29-15-12-20(13-16-29)22-11-7-4-8-14-30(22)25(31)26-21-9-5-3-6-10-21/h3,5-6,9-10,19-20,22H,4,7-8,11-18H2,1-2H3,(H,26,31)/t22-/m1/s1. The molecule has 0 radical (unpaired) electrons. The largest absolute Gasteiger partial charge is 0.338 e. The highest BCUT2D eigenvalue weighted by atomic mass is 16.5. The number of aromatic nitrogens is 2. The molecule has 1 atom stereocenters. The molecule has 0 aliphatic carbocycles. The molecular formula is C25H37N5O2. The van der Waals surface area contributed by atoms with E-state index >= 15 is 0 Å². The lowest BCUT2D eigenvalue weighted by atomic mass is 9.86. The van der Waals surface area contributed by atoms with Crippen LogP contribution in [0.2, 0.25) is 0 Å². The number of carbonyl (C=O) groups is 1. The first-order valence-corrected chi connectivity index (χ1v) is 12.2. The zero-order chi connectivity index (χ0) is 22.3. The maximum absolute atomic E-state index is 13.1. The number of rotatable bonds is 6. The minimum atomic E-state index is 0.0501. The van der Waals surface area contributed by atoms with E-state index in [1.165, 1.54) is 12.8 Å². The van der Waals surface area contributed by atoms with Crippen molar-refractivity contribution < 1.29 is 9.32 Å². The second-order valence-corrected chi connectivity index (χ2v) is 9.72. The van der Waals surface area contributed by atoms with Crippen LogP contribution >= 0.6 is 0 Å². The molecule has 0 spiro atoms. The van der Waals surface area contributed by atoms with E-state index in [9.17, 15) is 4.79 Å². The fourth-order valence-corrected chi connectivity index (χ4v) is 5.08. The van der Waals surface area contributed by atoms with Crippen LogP contribution in [-0.4, -0.2) is 51.6 Å². The van der Waals surface area contributed by atoms with Gasteiger partial charge in [-0.2, -0.15) is 4.98 Å². The highest BCUT2D eigenvalue weighted by molar-refractivity contribution is 5.89. The summed E-state index contributed by atoms with van der Waals surface area (Å²) in [6.07, 6.45) is 7.68. The number of hydrogen-bond acceptors (Lipinski definition) is 5. The lowest BCUT2D eigenvalue weighted by Crippen LogP contribution is -2.49. The van der Waals surface area contributed by atoms with Crippen LogP contribution in [0.25, 0.3) is 0 Å². The molecule has 0 saturated carbocycles. The number of urea groups is 1. The van der Waals surface area contributed by atoms with Gasteiger partial charge in [-0.05, 0) is 62.7 Å². The average molecular weight is 440 g/mol. The fourth-order valence-electron chi connectivity index (χ4n) is 5.08. The second kappa shape index (κ2) is 10.9. The third kappa shape index (κ3) is 6.09. The Labute approximate surface area is 191 Å². The van der Waals surface area contributed by atoms with Crippen molar-refractivity contribution in [2.45, 2.75) is 71.4 Å². The van der Waals surface area contributed by atoms with Gasteiger partial charge in [0.25, 0.3) is 0 Å². The molecule has 174 valence electrons. The highest BCUT2D eigenvalue weighted by Crippen LogP contribution is 2.31. The Balaban J connectivity index is 1.33. The number of anilines is 1. The number of nitrogens with one attached hydrogen (secondary N) is 1. The Hall–Kier alpha value is -2.41. The summed E-state index contributed by atoms with van der Waals surface area (Å²) in [6, 6.07) is 10.2. The van der Waals surface area contributed by atoms with Gasteiger partial charge in [0, 0.05) is 24.7 Å². The van der Waals surface area contributed by atoms with Crippen molar-refractivity contribution in [3.63, 3.8) is 0 Å². The Morgan fingerprint density at radius 3 is 2.62 bits per heavy atom. The molecule has 1 aromatic heterocycles. The topological polar surface area (TPSA) is 74.5 Å². The molecular weight excluding hydrogens is 402 g/mol. The van der Waals surface area contributed by atoms with E-state index in [0.29, 0.717) is 17.9 Å². The predicted molar refractivity (Wildman–Crippen MR) is 125 cm³/mol. The molecule has 0 bridgehead atoms. The summed E-state index contributed by atoms with van der Waals surface area (Å²) in [5.74, 6) is 2.60.